The number of hydrogen-bond donors (Lipinski definition) is 0. The molecule has 0 radical (unpaired) electrons. The second-order valence-electron chi connectivity index (χ2n) is 7.41. The van der Waals surface area contributed by atoms with E-state index in [0.29, 0.717) is 24.5 Å². The van der Waals surface area contributed by atoms with Crippen molar-refractivity contribution >= 4 is 16.1 Å². The lowest BCUT2D eigenvalue weighted by Crippen LogP contribution is -2.46. The number of alkyl halides is 3. The lowest BCUT2D eigenvalue weighted by molar-refractivity contribution is -0.140. The van der Waals surface area contributed by atoms with E-state index in [0.717, 1.165) is 18.6 Å². The van der Waals surface area contributed by atoms with E-state index in [1.165, 1.54) is 0 Å². The minimum absolute atomic E-state index is 0.136. The summed E-state index contributed by atoms with van der Waals surface area (Å²) in [6.45, 7) is 4.81. The normalized spacial score (nSPS) is 25.9. The highest BCUT2D eigenvalue weighted by atomic mass is 32.2. The van der Waals surface area contributed by atoms with Gasteiger partial charge in [-0.2, -0.15) is 13.2 Å². The summed E-state index contributed by atoms with van der Waals surface area (Å²) in [7, 11) is -4.60. The van der Waals surface area contributed by atoms with Crippen LogP contribution in [0.4, 0.5) is 13.2 Å². The molecule has 0 spiro atoms. The number of esters is 1. The molecule has 0 aromatic heterocycles. The van der Waals surface area contributed by atoms with Crippen molar-refractivity contribution in [1.82, 2.24) is 0 Å². The molecule has 2 bridgehead atoms. The minimum atomic E-state index is -4.75. The first-order chi connectivity index (χ1) is 13.8. The van der Waals surface area contributed by atoms with Crippen LogP contribution in [-0.4, -0.2) is 49.1 Å². The van der Waals surface area contributed by atoms with E-state index in [9.17, 15) is 30.9 Å². The third-order valence-corrected chi connectivity index (χ3v) is 5.93. The Hall–Kier alpha value is -2.11. The van der Waals surface area contributed by atoms with Crippen molar-refractivity contribution in [3.63, 3.8) is 0 Å². The van der Waals surface area contributed by atoms with Crippen LogP contribution < -0.4 is 4.74 Å². The van der Waals surface area contributed by atoms with Gasteiger partial charge in [0, 0.05) is 6.42 Å². The van der Waals surface area contributed by atoms with E-state index in [-0.39, 0.29) is 11.7 Å². The molecule has 3 rings (SSSR count). The monoisotopic (exact) mass is 449 g/mol. The number of fused-ring (bicyclic) bond motifs is 2. The Balaban J connectivity index is 1.90. The highest BCUT2D eigenvalue weighted by Crippen LogP contribution is 2.49. The van der Waals surface area contributed by atoms with Gasteiger partial charge in [0.1, 0.15) is 18.5 Å². The predicted molar refractivity (Wildman–Crippen MR) is 97.0 cm³/mol. The zero-order valence-corrected chi connectivity index (χ0v) is 16.8. The van der Waals surface area contributed by atoms with Crippen LogP contribution in [-0.2, 0) is 25.8 Å². The first kappa shape index (κ1) is 22.6. The molecule has 3 atom stereocenters. The molecule has 166 valence electrons. The van der Waals surface area contributed by atoms with Gasteiger partial charge in [-0.3, -0.25) is 0 Å². The summed E-state index contributed by atoms with van der Waals surface area (Å²) < 4.78 is 88.8. The Morgan fingerprint density at radius 3 is 2.57 bits per heavy atom. The Kier molecular flexibility index (Phi) is 5.91. The maximum atomic E-state index is 13.6. The maximum Gasteiger partial charge on any atom is 0.419 e. The molecule has 1 aromatic carbocycles. The van der Waals surface area contributed by atoms with E-state index in [4.69, 9.17) is 9.47 Å². The van der Waals surface area contributed by atoms with Crippen LogP contribution in [0.3, 0.4) is 0 Å². The van der Waals surface area contributed by atoms with Gasteiger partial charge in [-0.05, 0) is 43.5 Å². The van der Waals surface area contributed by atoms with Gasteiger partial charge in [-0.1, -0.05) is 6.58 Å². The molecule has 0 saturated carbocycles. The molecule has 3 unspecified atom stereocenters. The molecule has 1 aromatic rings. The highest BCUT2D eigenvalue weighted by molar-refractivity contribution is 7.85. The fraction of sp³-hybridized carbons (Fsp3) is 0.526. The molecule has 0 N–H and O–H groups in total. The summed E-state index contributed by atoms with van der Waals surface area (Å²) in [4.78, 5) is 12.1. The molecule has 7 nitrogen and oxygen atoms in total. The Morgan fingerprint density at radius 1 is 1.37 bits per heavy atom. The Labute approximate surface area is 171 Å². The summed E-state index contributed by atoms with van der Waals surface area (Å²) in [6, 6.07) is 2.48. The summed E-state index contributed by atoms with van der Waals surface area (Å²) in [5.74, 6) is -2.60. The lowest BCUT2D eigenvalue weighted by atomic mass is 9.80. The fourth-order valence-electron chi connectivity index (χ4n) is 3.80. The van der Waals surface area contributed by atoms with Crippen LogP contribution in [0.15, 0.2) is 30.4 Å². The lowest BCUT2D eigenvalue weighted by Gasteiger charge is -2.37. The van der Waals surface area contributed by atoms with Crippen LogP contribution in [0, 0.1) is 0 Å². The molecule has 2 aliphatic rings. The fourth-order valence-corrected chi connectivity index (χ4v) is 4.08. The number of carbonyl (C=O) groups excluding carboxylic acids is 1. The van der Waals surface area contributed by atoms with Crippen molar-refractivity contribution in [1.29, 1.82) is 0 Å². The van der Waals surface area contributed by atoms with Crippen molar-refractivity contribution in [3.8, 4) is 5.75 Å². The zero-order valence-electron chi connectivity index (χ0n) is 16.0. The number of hydrogen-bond acceptors (Lipinski definition) is 7. The highest BCUT2D eigenvalue weighted by Gasteiger charge is 2.55. The number of carbonyl (C=O) groups is 1. The second kappa shape index (κ2) is 7.86. The van der Waals surface area contributed by atoms with E-state index >= 15 is 0 Å². The van der Waals surface area contributed by atoms with Gasteiger partial charge in [-0.25, -0.2) is 13.2 Å². The summed E-state index contributed by atoms with van der Waals surface area (Å²) in [5, 5.41) is 0. The quantitative estimate of drug-likeness (QED) is 0.358. The molecule has 30 heavy (non-hydrogen) atoms. The maximum absolute atomic E-state index is 13.6. The summed E-state index contributed by atoms with van der Waals surface area (Å²) in [6.07, 6.45) is -3.58. The van der Waals surface area contributed by atoms with Crippen molar-refractivity contribution in [3.05, 3.63) is 41.5 Å². The van der Waals surface area contributed by atoms with Gasteiger partial charge >= 0.3 is 12.1 Å². The van der Waals surface area contributed by atoms with Gasteiger partial charge in [0.15, 0.2) is 5.60 Å². The molecule has 2 heterocycles. The minimum Gasteiger partial charge on any atom is -0.748 e. The second-order valence-corrected chi connectivity index (χ2v) is 8.93. The molecule has 2 saturated heterocycles. The SMILES string of the molecule is C=C(C)C1(Oc2cc(C(=O)OCCS(=O)(=O)[O-])ccc2C(F)(F)F)CC2CCC1O2. The smallest absolute Gasteiger partial charge is 0.419 e. The third kappa shape index (κ3) is 4.62. The van der Waals surface area contributed by atoms with E-state index in [1.807, 2.05) is 0 Å². The van der Waals surface area contributed by atoms with Gasteiger partial charge in [-0.15, -0.1) is 0 Å². The molecule has 0 amide bonds. The topological polar surface area (TPSA) is 102 Å². The van der Waals surface area contributed by atoms with Crippen molar-refractivity contribution in [2.45, 2.75) is 50.2 Å². The van der Waals surface area contributed by atoms with Crippen molar-refractivity contribution < 1.29 is 45.1 Å². The van der Waals surface area contributed by atoms with E-state index in [2.05, 4.69) is 11.3 Å². The number of benzene rings is 1. The summed E-state index contributed by atoms with van der Waals surface area (Å²) >= 11 is 0. The Morgan fingerprint density at radius 2 is 2.07 bits per heavy atom. The largest absolute Gasteiger partial charge is 0.748 e. The molecular weight excluding hydrogens is 429 g/mol. The van der Waals surface area contributed by atoms with Crippen LogP contribution in [0.5, 0.6) is 5.75 Å². The molecular formula is C19H20F3O7S-. The van der Waals surface area contributed by atoms with E-state index < -0.39 is 57.6 Å². The predicted octanol–water partition coefficient (Wildman–Crippen LogP) is 3.05. The zero-order chi connectivity index (χ0) is 22.3. The van der Waals surface area contributed by atoms with Crippen molar-refractivity contribution in [2.75, 3.05) is 12.4 Å². The van der Waals surface area contributed by atoms with E-state index in [1.54, 1.807) is 6.92 Å². The molecule has 2 fully saturated rings. The average molecular weight is 449 g/mol. The van der Waals surface area contributed by atoms with Gasteiger partial charge < -0.3 is 18.8 Å². The van der Waals surface area contributed by atoms with Gasteiger partial charge in [0.2, 0.25) is 0 Å². The van der Waals surface area contributed by atoms with Crippen molar-refractivity contribution in [2.24, 2.45) is 0 Å². The number of ether oxygens (including phenoxy) is 3. The van der Waals surface area contributed by atoms with Crippen LogP contribution >= 0.6 is 0 Å². The standard InChI is InChI=1S/C19H21F3O7S/c1-11(2)18(10-13-4-6-16(18)28-13)29-15-9-12(3-5-14(15)19(20,21)22)17(23)27-7-8-30(24,25)26/h3,5,9,13,16H,1,4,6-8,10H2,2H3,(H,24,25,26)/p-1. The number of rotatable bonds is 7. The molecule has 11 heteroatoms. The first-order valence-electron chi connectivity index (χ1n) is 9.14. The molecule has 2 aliphatic heterocycles. The van der Waals surface area contributed by atoms with Crippen LogP contribution in [0.25, 0.3) is 0 Å². The first-order valence-corrected chi connectivity index (χ1v) is 10.7. The summed E-state index contributed by atoms with van der Waals surface area (Å²) in [5.41, 5.74) is -1.99. The van der Waals surface area contributed by atoms with Crippen LogP contribution in [0.1, 0.15) is 42.1 Å². The van der Waals surface area contributed by atoms with Gasteiger partial charge in [0.05, 0.1) is 33.1 Å². The third-order valence-electron chi connectivity index (χ3n) is 5.26. The van der Waals surface area contributed by atoms with Crippen LogP contribution in [0.2, 0.25) is 0 Å². The molecule has 0 aliphatic carbocycles. The average Bonchev–Trinajstić information content (AvgIpc) is 3.21. The number of halogens is 3. The van der Waals surface area contributed by atoms with Gasteiger partial charge in [0.25, 0.3) is 0 Å². The Bertz CT molecular complexity index is 957.